The Morgan fingerprint density at radius 2 is 2.00 bits per heavy atom. The van der Waals surface area contributed by atoms with E-state index in [-0.39, 0.29) is 11.6 Å². The van der Waals surface area contributed by atoms with E-state index in [1.54, 1.807) is 0 Å². The van der Waals surface area contributed by atoms with Gasteiger partial charge in [0.25, 0.3) is 0 Å². The first kappa shape index (κ1) is 15.9. The SMILES string of the molecule is CCCCCCCOC(=N)C(=N)C1=CCCN(C)C1. The first-order valence-electron chi connectivity index (χ1n) is 7.33. The highest BCUT2D eigenvalue weighted by molar-refractivity contribution is 6.43. The molecule has 0 spiro atoms. The Morgan fingerprint density at radius 1 is 1.26 bits per heavy atom. The molecule has 1 aliphatic heterocycles. The maximum Gasteiger partial charge on any atom is 0.232 e. The summed E-state index contributed by atoms with van der Waals surface area (Å²) in [6.07, 6.45) is 8.89. The van der Waals surface area contributed by atoms with E-state index in [0.29, 0.717) is 6.61 Å². The molecule has 1 rings (SSSR count). The van der Waals surface area contributed by atoms with E-state index in [1.807, 2.05) is 7.05 Å². The van der Waals surface area contributed by atoms with Gasteiger partial charge in [0.15, 0.2) is 0 Å². The van der Waals surface area contributed by atoms with Crippen LogP contribution in [0.5, 0.6) is 0 Å². The zero-order valence-electron chi connectivity index (χ0n) is 12.3. The first-order chi connectivity index (χ1) is 9.15. The van der Waals surface area contributed by atoms with Gasteiger partial charge in [0, 0.05) is 13.1 Å². The zero-order valence-corrected chi connectivity index (χ0v) is 12.3. The lowest BCUT2D eigenvalue weighted by Crippen LogP contribution is -2.31. The second kappa shape index (κ2) is 8.86. The number of nitrogens with one attached hydrogen (secondary N) is 2. The zero-order chi connectivity index (χ0) is 14.1. The summed E-state index contributed by atoms with van der Waals surface area (Å²) in [7, 11) is 2.04. The Bertz CT molecular complexity index is 336. The van der Waals surface area contributed by atoms with Crippen molar-refractivity contribution in [3.8, 4) is 0 Å². The highest BCUT2D eigenvalue weighted by atomic mass is 16.5. The van der Waals surface area contributed by atoms with Gasteiger partial charge in [-0.2, -0.15) is 0 Å². The fourth-order valence-corrected chi connectivity index (χ4v) is 2.17. The summed E-state index contributed by atoms with van der Waals surface area (Å²) in [6, 6.07) is 0. The molecule has 1 heterocycles. The van der Waals surface area contributed by atoms with Crippen molar-refractivity contribution in [3.05, 3.63) is 11.6 Å². The van der Waals surface area contributed by atoms with Crippen LogP contribution in [0.3, 0.4) is 0 Å². The smallest absolute Gasteiger partial charge is 0.232 e. The number of rotatable bonds is 8. The summed E-state index contributed by atoms with van der Waals surface area (Å²) < 4.78 is 5.37. The third-order valence-electron chi connectivity index (χ3n) is 3.38. The Hall–Kier alpha value is -1.16. The molecule has 0 bridgehead atoms. The molecule has 0 aromatic carbocycles. The van der Waals surface area contributed by atoms with Crippen LogP contribution in [0.1, 0.15) is 45.4 Å². The van der Waals surface area contributed by atoms with E-state index in [4.69, 9.17) is 15.6 Å². The van der Waals surface area contributed by atoms with Crippen molar-refractivity contribution in [2.45, 2.75) is 45.4 Å². The van der Waals surface area contributed by atoms with Crippen molar-refractivity contribution in [2.75, 3.05) is 26.7 Å². The molecule has 4 heteroatoms. The predicted octanol–water partition coefficient (Wildman–Crippen LogP) is 3.23. The molecule has 0 saturated heterocycles. The fourth-order valence-electron chi connectivity index (χ4n) is 2.17. The Labute approximate surface area is 116 Å². The van der Waals surface area contributed by atoms with E-state index < -0.39 is 0 Å². The molecule has 0 saturated carbocycles. The standard InChI is InChI=1S/C15H27N3O/c1-3-4-5-6-7-11-19-15(17)14(16)13-9-8-10-18(2)12-13/h9,16-17H,3-8,10-12H2,1-2H3. The van der Waals surface area contributed by atoms with Crippen LogP contribution in [0.15, 0.2) is 11.6 Å². The molecule has 108 valence electrons. The highest BCUT2D eigenvalue weighted by Gasteiger charge is 2.16. The molecule has 0 radical (unpaired) electrons. The van der Waals surface area contributed by atoms with Gasteiger partial charge >= 0.3 is 0 Å². The lowest BCUT2D eigenvalue weighted by atomic mass is 10.1. The Balaban J connectivity index is 2.22. The minimum atomic E-state index is 0.0250. The van der Waals surface area contributed by atoms with E-state index in [1.165, 1.54) is 19.3 Å². The number of ether oxygens (including phenoxy) is 1. The van der Waals surface area contributed by atoms with Gasteiger partial charge in [-0.3, -0.25) is 10.8 Å². The van der Waals surface area contributed by atoms with Gasteiger partial charge in [-0.25, -0.2) is 0 Å². The molecule has 0 atom stereocenters. The lowest BCUT2D eigenvalue weighted by molar-refractivity contribution is 0.294. The van der Waals surface area contributed by atoms with Crippen LogP contribution in [0.4, 0.5) is 0 Å². The number of unbranched alkanes of at least 4 members (excludes halogenated alkanes) is 4. The third kappa shape index (κ3) is 6.01. The molecular formula is C15H27N3O. The monoisotopic (exact) mass is 265 g/mol. The topological polar surface area (TPSA) is 60.2 Å². The second-order valence-electron chi connectivity index (χ2n) is 5.22. The minimum absolute atomic E-state index is 0.0250. The molecule has 0 aromatic rings. The van der Waals surface area contributed by atoms with Gasteiger partial charge in [-0.05, 0) is 25.5 Å². The fraction of sp³-hybridized carbons (Fsp3) is 0.733. The summed E-state index contributed by atoms with van der Waals surface area (Å²) in [5, 5.41) is 15.8. The normalized spacial score (nSPS) is 16.0. The van der Waals surface area contributed by atoms with Crippen molar-refractivity contribution >= 4 is 11.6 Å². The molecule has 19 heavy (non-hydrogen) atoms. The molecule has 0 amide bonds. The number of likely N-dealkylation sites (N-methyl/N-ethyl adjacent to an activating group) is 1. The van der Waals surface area contributed by atoms with Crippen LogP contribution in [0, 0.1) is 10.8 Å². The van der Waals surface area contributed by atoms with Crippen molar-refractivity contribution < 1.29 is 4.74 Å². The van der Waals surface area contributed by atoms with Crippen molar-refractivity contribution in [3.63, 3.8) is 0 Å². The van der Waals surface area contributed by atoms with E-state index in [9.17, 15) is 0 Å². The van der Waals surface area contributed by atoms with Crippen LogP contribution in [0.2, 0.25) is 0 Å². The Morgan fingerprint density at radius 3 is 2.68 bits per heavy atom. The summed E-state index contributed by atoms with van der Waals surface area (Å²) in [4.78, 5) is 2.17. The maximum atomic E-state index is 7.98. The van der Waals surface area contributed by atoms with Gasteiger partial charge in [0.2, 0.25) is 5.90 Å². The molecule has 0 aliphatic carbocycles. The Kier molecular flexibility index (Phi) is 7.41. The van der Waals surface area contributed by atoms with Crippen LogP contribution < -0.4 is 0 Å². The number of hydrogen-bond donors (Lipinski definition) is 2. The lowest BCUT2D eigenvalue weighted by Gasteiger charge is -2.23. The highest BCUT2D eigenvalue weighted by Crippen LogP contribution is 2.10. The molecule has 0 unspecified atom stereocenters. The van der Waals surface area contributed by atoms with Gasteiger partial charge in [0.05, 0.1) is 6.61 Å². The third-order valence-corrected chi connectivity index (χ3v) is 3.38. The average Bonchev–Trinajstić information content (AvgIpc) is 2.41. The van der Waals surface area contributed by atoms with E-state index in [0.717, 1.165) is 37.9 Å². The van der Waals surface area contributed by atoms with Crippen molar-refractivity contribution in [1.82, 2.24) is 4.90 Å². The largest absolute Gasteiger partial charge is 0.477 e. The molecule has 1 aliphatic rings. The van der Waals surface area contributed by atoms with Crippen molar-refractivity contribution in [1.29, 1.82) is 10.8 Å². The van der Waals surface area contributed by atoms with Crippen LogP contribution in [0.25, 0.3) is 0 Å². The van der Waals surface area contributed by atoms with E-state index in [2.05, 4.69) is 17.9 Å². The molecule has 0 fully saturated rings. The first-order valence-corrected chi connectivity index (χ1v) is 7.33. The molecular weight excluding hydrogens is 238 g/mol. The van der Waals surface area contributed by atoms with Gasteiger partial charge in [-0.15, -0.1) is 0 Å². The van der Waals surface area contributed by atoms with Gasteiger partial charge in [-0.1, -0.05) is 38.7 Å². The summed E-state index contributed by atoms with van der Waals surface area (Å²) in [5.74, 6) is 0.0250. The summed E-state index contributed by atoms with van der Waals surface area (Å²) in [5.41, 5.74) is 1.17. The molecule has 4 nitrogen and oxygen atoms in total. The predicted molar refractivity (Wildman–Crippen MR) is 80.4 cm³/mol. The minimum Gasteiger partial charge on any atom is -0.477 e. The quantitative estimate of drug-likeness (QED) is 0.402. The van der Waals surface area contributed by atoms with Gasteiger partial charge < -0.3 is 9.64 Å². The van der Waals surface area contributed by atoms with Gasteiger partial charge in [0.1, 0.15) is 5.71 Å². The van der Waals surface area contributed by atoms with E-state index >= 15 is 0 Å². The second-order valence-corrected chi connectivity index (χ2v) is 5.22. The van der Waals surface area contributed by atoms with Crippen molar-refractivity contribution in [2.24, 2.45) is 0 Å². The van der Waals surface area contributed by atoms with Crippen LogP contribution in [-0.2, 0) is 4.74 Å². The van der Waals surface area contributed by atoms with Crippen LogP contribution in [-0.4, -0.2) is 43.3 Å². The number of hydrogen-bond acceptors (Lipinski definition) is 4. The summed E-state index contributed by atoms with van der Waals surface area (Å²) >= 11 is 0. The van der Waals surface area contributed by atoms with Crippen LogP contribution >= 0.6 is 0 Å². The molecule has 2 N–H and O–H groups in total. The molecule has 0 aromatic heterocycles. The summed E-state index contributed by atoms with van der Waals surface area (Å²) in [6.45, 7) is 4.54. The average molecular weight is 265 g/mol. The number of nitrogens with zero attached hydrogens (tertiary/aromatic N) is 1. The maximum absolute atomic E-state index is 7.98.